The van der Waals surface area contributed by atoms with E-state index in [-0.39, 0.29) is 11.4 Å². The molecule has 0 spiro atoms. The topological polar surface area (TPSA) is 24.9 Å². The van der Waals surface area contributed by atoms with Crippen LogP contribution >= 0.6 is 0 Å². The smallest absolute Gasteiger partial charge is 0.123 e. The number of hydrogen-bond acceptors (Lipinski definition) is 2. The quantitative estimate of drug-likeness (QED) is 0.832. The summed E-state index contributed by atoms with van der Waals surface area (Å²) in [6.45, 7) is 5.21. The molecule has 3 heteroatoms. The van der Waals surface area contributed by atoms with Gasteiger partial charge in [0.05, 0.1) is 5.52 Å². The summed E-state index contributed by atoms with van der Waals surface area (Å²) >= 11 is 0. The summed E-state index contributed by atoms with van der Waals surface area (Å²) in [4.78, 5) is 4.49. The van der Waals surface area contributed by atoms with Crippen LogP contribution < -0.4 is 5.32 Å². The number of nitrogens with zero attached hydrogens (tertiary/aromatic N) is 1. The maximum atomic E-state index is 13.5. The molecule has 1 aromatic carbocycles. The highest BCUT2D eigenvalue weighted by molar-refractivity contribution is 5.83. The van der Waals surface area contributed by atoms with Gasteiger partial charge in [0.15, 0.2) is 0 Å². The molecule has 1 saturated heterocycles. The van der Waals surface area contributed by atoms with E-state index in [0.29, 0.717) is 0 Å². The van der Waals surface area contributed by atoms with Crippen molar-refractivity contribution in [1.29, 1.82) is 0 Å². The van der Waals surface area contributed by atoms with E-state index in [4.69, 9.17) is 0 Å². The number of pyridine rings is 1. The molecule has 2 heterocycles. The number of benzene rings is 1. The van der Waals surface area contributed by atoms with Crippen LogP contribution in [-0.2, 0) is 5.54 Å². The van der Waals surface area contributed by atoms with E-state index in [1.54, 1.807) is 12.1 Å². The number of halogens is 1. The zero-order chi connectivity index (χ0) is 12.8. The minimum Gasteiger partial charge on any atom is -0.308 e. The van der Waals surface area contributed by atoms with E-state index in [1.165, 1.54) is 11.6 Å². The SMILES string of the molecule is Cc1cc(C2(C)CCCN2)c2cc(F)ccc2n1. The molecule has 0 amide bonds. The summed E-state index contributed by atoms with van der Waals surface area (Å²) in [5.74, 6) is -0.198. The third-order valence-electron chi connectivity index (χ3n) is 3.86. The lowest BCUT2D eigenvalue weighted by Crippen LogP contribution is -2.33. The molecular weight excluding hydrogens is 227 g/mol. The largest absolute Gasteiger partial charge is 0.308 e. The fourth-order valence-electron chi connectivity index (χ4n) is 2.91. The summed E-state index contributed by atoms with van der Waals surface area (Å²) in [6, 6.07) is 6.92. The van der Waals surface area contributed by atoms with Crippen LogP contribution in [0.1, 0.15) is 31.0 Å². The molecule has 1 N–H and O–H groups in total. The van der Waals surface area contributed by atoms with Gasteiger partial charge in [-0.15, -0.1) is 0 Å². The second-order valence-electron chi connectivity index (χ2n) is 5.34. The van der Waals surface area contributed by atoms with Crippen molar-refractivity contribution in [3.05, 3.63) is 41.3 Å². The standard InChI is InChI=1S/C15H17FN2/c1-10-8-13(15(2)6-3-7-17-15)12-9-11(16)4-5-14(12)18-10/h4-5,8-9,17H,3,6-7H2,1-2H3. The average Bonchev–Trinajstić information content (AvgIpc) is 2.77. The van der Waals surface area contributed by atoms with Crippen LogP contribution in [0.4, 0.5) is 4.39 Å². The predicted molar refractivity (Wildman–Crippen MR) is 71.0 cm³/mol. The third kappa shape index (κ3) is 1.79. The van der Waals surface area contributed by atoms with Crippen molar-refractivity contribution in [3.63, 3.8) is 0 Å². The molecule has 1 aromatic heterocycles. The van der Waals surface area contributed by atoms with Crippen molar-refractivity contribution in [2.24, 2.45) is 0 Å². The molecule has 94 valence electrons. The van der Waals surface area contributed by atoms with Crippen molar-refractivity contribution in [2.75, 3.05) is 6.54 Å². The molecule has 18 heavy (non-hydrogen) atoms. The first-order chi connectivity index (χ1) is 8.58. The maximum Gasteiger partial charge on any atom is 0.123 e. The maximum absolute atomic E-state index is 13.5. The van der Waals surface area contributed by atoms with Gasteiger partial charge in [0.1, 0.15) is 5.82 Å². The number of hydrogen-bond donors (Lipinski definition) is 1. The lowest BCUT2D eigenvalue weighted by molar-refractivity contribution is 0.438. The molecule has 1 atom stereocenters. The Morgan fingerprint density at radius 2 is 2.17 bits per heavy atom. The Kier molecular flexibility index (Phi) is 2.59. The van der Waals surface area contributed by atoms with Crippen LogP contribution in [-0.4, -0.2) is 11.5 Å². The molecular formula is C15H17FN2. The van der Waals surface area contributed by atoms with Gasteiger partial charge < -0.3 is 5.32 Å². The van der Waals surface area contributed by atoms with Crippen molar-refractivity contribution in [2.45, 2.75) is 32.2 Å². The molecule has 0 bridgehead atoms. The number of nitrogens with one attached hydrogen (secondary N) is 1. The van der Waals surface area contributed by atoms with E-state index in [9.17, 15) is 4.39 Å². The van der Waals surface area contributed by atoms with E-state index in [2.05, 4.69) is 23.3 Å². The molecule has 0 aliphatic carbocycles. The highest BCUT2D eigenvalue weighted by Crippen LogP contribution is 2.35. The minimum atomic E-state index is -0.198. The third-order valence-corrected chi connectivity index (χ3v) is 3.86. The average molecular weight is 244 g/mol. The summed E-state index contributed by atoms with van der Waals surface area (Å²) in [5.41, 5.74) is 2.97. The lowest BCUT2D eigenvalue weighted by Gasteiger charge is -2.27. The van der Waals surface area contributed by atoms with E-state index in [0.717, 1.165) is 36.0 Å². The van der Waals surface area contributed by atoms with Gasteiger partial charge in [-0.3, -0.25) is 4.98 Å². The van der Waals surface area contributed by atoms with Crippen molar-refractivity contribution in [1.82, 2.24) is 10.3 Å². The first-order valence-corrected chi connectivity index (χ1v) is 6.41. The fourth-order valence-corrected chi connectivity index (χ4v) is 2.91. The van der Waals surface area contributed by atoms with Crippen LogP contribution in [0.15, 0.2) is 24.3 Å². The van der Waals surface area contributed by atoms with Gasteiger partial charge in [0.2, 0.25) is 0 Å². The monoisotopic (exact) mass is 244 g/mol. The summed E-state index contributed by atoms with van der Waals surface area (Å²) < 4.78 is 13.5. The molecule has 2 aromatic rings. The minimum absolute atomic E-state index is 0.0558. The van der Waals surface area contributed by atoms with Crippen LogP contribution in [0.25, 0.3) is 10.9 Å². The highest BCUT2D eigenvalue weighted by Gasteiger charge is 2.31. The molecule has 1 unspecified atom stereocenters. The van der Waals surface area contributed by atoms with Crippen molar-refractivity contribution in [3.8, 4) is 0 Å². The first-order valence-electron chi connectivity index (χ1n) is 6.41. The Balaban J connectivity index is 2.29. The van der Waals surface area contributed by atoms with Crippen LogP contribution in [0.2, 0.25) is 0 Å². The Morgan fingerprint density at radius 1 is 1.33 bits per heavy atom. The Hall–Kier alpha value is -1.48. The fraction of sp³-hybridized carbons (Fsp3) is 0.400. The van der Waals surface area contributed by atoms with Gasteiger partial charge in [0, 0.05) is 16.6 Å². The van der Waals surface area contributed by atoms with Crippen molar-refractivity contribution >= 4 is 10.9 Å². The molecule has 1 aliphatic heterocycles. The molecule has 2 nitrogen and oxygen atoms in total. The van der Waals surface area contributed by atoms with Crippen LogP contribution in [0, 0.1) is 12.7 Å². The number of fused-ring (bicyclic) bond motifs is 1. The summed E-state index contributed by atoms with van der Waals surface area (Å²) in [7, 11) is 0. The van der Waals surface area contributed by atoms with E-state index in [1.807, 2.05) is 6.92 Å². The van der Waals surface area contributed by atoms with Gasteiger partial charge in [-0.1, -0.05) is 0 Å². The lowest BCUT2D eigenvalue weighted by atomic mass is 9.87. The highest BCUT2D eigenvalue weighted by atomic mass is 19.1. The summed E-state index contributed by atoms with van der Waals surface area (Å²) in [6.07, 6.45) is 2.25. The Morgan fingerprint density at radius 3 is 2.89 bits per heavy atom. The number of aryl methyl sites for hydroxylation is 1. The second kappa shape index (κ2) is 4.02. The van der Waals surface area contributed by atoms with Gasteiger partial charge in [-0.05, 0) is 63.1 Å². The first kappa shape index (κ1) is 11.6. The number of rotatable bonds is 1. The zero-order valence-electron chi connectivity index (χ0n) is 10.8. The zero-order valence-corrected chi connectivity index (χ0v) is 10.8. The molecule has 0 radical (unpaired) electrons. The van der Waals surface area contributed by atoms with Crippen LogP contribution in [0.3, 0.4) is 0 Å². The van der Waals surface area contributed by atoms with Gasteiger partial charge in [-0.25, -0.2) is 4.39 Å². The molecule has 1 aliphatic rings. The number of aromatic nitrogens is 1. The normalized spacial score (nSPS) is 23.7. The van der Waals surface area contributed by atoms with E-state index >= 15 is 0 Å². The molecule has 1 fully saturated rings. The van der Waals surface area contributed by atoms with Crippen molar-refractivity contribution < 1.29 is 4.39 Å². The Bertz CT molecular complexity index is 601. The van der Waals surface area contributed by atoms with Gasteiger partial charge in [0.25, 0.3) is 0 Å². The molecule has 0 saturated carbocycles. The molecule has 3 rings (SSSR count). The van der Waals surface area contributed by atoms with Crippen LogP contribution in [0.5, 0.6) is 0 Å². The van der Waals surface area contributed by atoms with Gasteiger partial charge >= 0.3 is 0 Å². The van der Waals surface area contributed by atoms with Gasteiger partial charge in [-0.2, -0.15) is 0 Å². The predicted octanol–water partition coefficient (Wildman–Crippen LogP) is 3.28. The van der Waals surface area contributed by atoms with E-state index < -0.39 is 0 Å². The Labute approximate surface area is 106 Å². The summed E-state index contributed by atoms with van der Waals surface area (Å²) in [5, 5.41) is 4.47. The second-order valence-corrected chi connectivity index (χ2v) is 5.34.